The van der Waals surface area contributed by atoms with E-state index >= 15 is 0 Å². The van der Waals surface area contributed by atoms with Gasteiger partial charge in [-0.3, -0.25) is 10.1 Å². The summed E-state index contributed by atoms with van der Waals surface area (Å²) in [6, 6.07) is -0.319. The Morgan fingerprint density at radius 1 is 1.64 bits per heavy atom. The summed E-state index contributed by atoms with van der Waals surface area (Å²) >= 11 is 3.07. The summed E-state index contributed by atoms with van der Waals surface area (Å²) in [5.74, 6) is -0.238. The second kappa shape index (κ2) is 3.52. The van der Waals surface area contributed by atoms with Crippen LogP contribution in [0.3, 0.4) is 0 Å². The molecule has 1 aliphatic heterocycles. The van der Waals surface area contributed by atoms with E-state index < -0.39 is 0 Å². The van der Waals surface area contributed by atoms with Gasteiger partial charge in [0.05, 0.1) is 0 Å². The first-order valence-corrected chi connectivity index (χ1v) is 3.99. The van der Waals surface area contributed by atoms with E-state index in [-0.39, 0.29) is 18.5 Å². The van der Waals surface area contributed by atoms with Gasteiger partial charge in [0.1, 0.15) is 6.54 Å². The lowest BCUT2D eigenvalue weighted by Crippen LogP contribution is -2.28. The number of amides is 3. The normalized spacial score (nSPS) is 18.1. The molecule has 1 aliphatic rings. The lowest BCUT2D eigenvalue weighted by molar-refractivity contribution is -0.118. The first-order valence-electron chi connectivity index (χ1n) is 3.08. The zero-order valence-corrected chi connectivity index (χ0v) is 7.30. The summed E-state index contributed by atoms with van der Waals surface area (Å²) in [6.07, 6.45) is 1.75. The van der Waals surface area contributed by atoms with E-state index in [0.717, 1.165) is 0 Å². The quantitative estimate of drug-likeness (QED) is 0.685. The lowest BCUT2D eigenvalue weighted by Gasteiger charge is -2.07. The SMILES string of the molecule is O=C1CN(CC=CBr)C(=O)N1. The van der Waals surface area contributed by atoms with Crippen LogP contribution in [0, 0.1) is 0 Å². The molecular weight excluding hydrogens is 212 g/mol. The van der Waals surface area contributed by atoms with Crippen LogP contribution >= 0.6 is 15.9 Å². The monoisotopic (exact) mass is 218 g/mol. The van der Waals surface area contributed by atoms with E-state index in [1.807, 2.05) is 0 Å². The molecule has 5 heteroatoms. The standard InChI is InChI=1S/C6H7BrN2O2/c7-2-1-3-9-4-5(10)8-6(9)11/h1-2H,3-4H2,(H,8,10,11). The average Bonchev–Trinajstić information content (AvgIpc) is 2.26. The molecule has 0 spiro atoms. The van der Waals surface area contributed by atoms with Gasteiger partial charge in [0.2, 0.25) is 5.91 Å². The molecule has 0 bridgehead atoms. The Morgan fingerprint density at radius 3 is 2.82 bits per heavy atom. The third-order valence-electron chi connectivity index (χ3n) is 1.28. The van der Waals surface area contributed by atoms with Gasteiger partial charge in [0.25, 0.3) is 0 Å². The Labute approximate surface area is 72.4 Å². The molecular formula is C6H7BrN2O2. The minimum absolute atomic E-state index is 0.163. The van der Waals surface area contributed by atoms with Crippen LogP contribution in [0.25, 0.3) is 0 Å². The molecule has 1 N–H and O–H groups in total. The molecule has 60 valence electrons. The van der Waals surface area contributed by atoms with E-state index in [0.29, 0.717) is 6.54 Å². The second-order valence-corrected chi connectivity index (χ2v) is 2.62. The van der Waals surface area contributed by atoms with Crippen molar-refractivity contribution in [3.8, 4) is 0 Å². The van der Waals surface area contributed by atoms with E-state index in [4.69, 9.17) is 0 Å². The summed E-state index contributed by atoms with van der Waals surface area (Å²) in [4.78, 5) is 24.5. The van der Waals surface area contributed by atoms with Crippen LogP contribution in [0.15, 0.2) is 11.1 Å². The van der Waals surface area contributed by atoms with Crippen LogP contribution in [0.4, 0.5) is 4.79 Å². The highest BCUT2D eigenvalue weighted by Gasteiger charge is 2.24. The first-order chi connectivity index (χ1) is 5.24. The van der Waals surface area contributed by atoms with Crippen LogP contribution < -0.4 is 5.32 Å². The van der Waals surface area contributed by atoms with Gasteiger partial charge in [-0.15, -0.1) is 0 Å². The summed E-state index contributed by atoms with van der Waals surface area (Å²) in [5.41, 5.74) is 0. The van der Waals surface area contributed by atoms with Gasteiger partial charge in [-0.1, -0.05) is 22.0 Å². The summed E-state index contributed by atoms with van der Waals surface area (Å²) in [7, 11) is 0. The highest BCUT2D eigenvalue weighted by Crippen LogP contribution is 1.98. The highest BCUT2D eigenvalue weighted by molar-refractivity contribution is 9.11. The fourth-order valence-corrected chi connectivity index (χ4v) is 0.965. The fourth-order valence-electron chi connectivity index (χ4n) is 0.798. The fraction of sp³-hybridized carbons (Fsp3) is 0.333. The van der Waals surface area contributed by atoms with Gasteiger partial charge in [0, 0.05) is 6.54 Å². The molecule has 0 unspecified atom stereocenters. The zero-order chi connectivity index (χ0) is 8.27. The molecule has 4 nitrogen and oxygen atoms in total. The molecule has 0 aromatic rings. The van der Waals surface area contributed by atoms with E-state index in [2.05, 4.69) is 21.2 Å². The van der Waals surface area contributed by atoms with Gasteiger partial charge in [-0.2, -0.15) is 0 Å². The summed E-state index contributed by atoms with van der Waals surface area (Å²) in [6.45, 7) is 0.624. The first kappa shape index (κ1) is 8.26. The minimum Gasteiger partial charge on any atom is -0.311 e. The van der Waals surface area contributed by atoms with Crippen molar-refractivity contribution in [2.24, 2.45) is 0 Å². The number of urea groups is 1. The molecule has 1 saturated heterocycles. The topological polar surface area (TPSA) is 49.4 Å². The van der Waals surface area contributed by atoms with Gasteiger partial charge < -0.3 is 4.90 Å². The molecule has 3 amide bonds. The number of nitrogens with one attached hydrogen (secondary N) is 1. The van der Waals surface area contributed by atoms with Crippen molar-refractivity contribution in [3.05, 3.63) is 11.1 Å². The van der Waals surface area contributed by atoms with Gasteiger partial charge in [-0.05, 0) is 4.99 Å². The molecule has 0 atom stereocenters. The molecule has 0 aromatic carbocycles. The number of carbonyl (C=O) groups excluding carboxylic acids is 2. The van der Waals surface area contributed by atoms with Crippen molar-refractivity contribution in [2.75, 3.05) is 13.1 Å². The van der Waals surface area contributed by atoms with Crippen LogP contribution in [-0.4, -0.2) is 29.9 Å². The van der Waals surface area contributed by atoms with Crippen molar-refractivity contribution < 1.29 is 9.59 Å². The Hall–Kier alpha value is -0.840. The van der Waals surface area contributed by atoms with E-state index in [1.54, 1.807) is 11.1 Å². The van der Waals surface area contributed by atoms with Crippen molar-refractivity contribution >= 4 is 27.9 Å². The zero-order valence-electron chi connectivity index (χ0n) is 5.71. The van der Waals surface area contributed by atoms with Crippen LogP contribution in [0.5, 0.6) is 0 Å². The number of nitrogens with zero attached hydrogens (tertiary/aromatic N) is 1. The lowest BCUT2D eigenvalue weighted by atomic mass is 10.5. The van der Waals surface area contributed by atoms with Crippen molar-refractivity contribution in [3.63, 3.8) is 0 Å². The molecule has 11 heavy (non-hydrogen) atoms. The van der Waals surface area contributed by atoms with E-state index in [9.17, 15) is 9.59 Å². The van der Waals surface area contributed by atoms with Crippen molar-refractivity contribution in [2.45, 2.75) is 0 Å². The van der Waals surface area contributed by atoms with Crippen LogP contribution in [0.2, 0.25) is 0 Å². The predicted octanol–water partition coefficient (Wildman–Crippen LogP) is 0.447. The number of hydrogen-bond acceptors (Lipinski definition) is 2. The minimum atomic E-state index is -0.319. The Morgan fingerprint density at radius 2 is 2.36 bits per heavy atom. The summed E-state index contributed by atoms with van der Waals surface area (Å²) < 4.78 is 0. The maximum Gasteiger partial charge on any atom is 0.324 e. The number of halogens is 1. The number of imide groups is 1. The van der Waals surface area contributed by atoms with Crippen molar-refractivity contribution in [1.82, 2.24) is 10.2 Å². The third-order valence-corrected chi connectivity index (χ3v) is 1.66. The van der Waals surface area contributed by atoms with E-state index in [1.165, 1.54) is 4.90 Å². The molecule has 0 aromatic heterocycles. The van der Waals surface area contributed by atoms with Gasteiger partial charge in [-0.25, -0.2) is 4.79 Å². The van der Waals surface area contributed by atoms with Crippen molar-refractivity contribution in [1.29, 1.82) is 0 Å². The Balaban J connectivity index is 2.47. The highest BCUT2D eigenvalue weighted by atomic mass is 79.9. The van der Waals surface area contributed by atoms with Crippen LogP contribution in [-0.2, 0) is 4.79 Å². The molecule has 0 saturated carbocycles. The number of carbonyl (C=O) groups is 2. The second-order valence-electron chi connectivity index (χ2n) is 2.10. The average molecular weight is 219 g/mol. The number of hydrogen-bond donors (Lipinski definition) is 1. The molecule has 0 aliphatic carbocycles. The maximum atomic E-state index is 10.8. The van der Waals surface area contributed by atoms with Gasteiger partial charge in [0.15, 0.2) is 0 Å². The molecule has 1 heterocycles. The smallest absolute Gasteiger partial charge is 0.311 e. The Kier molecular flexibility index (Phi) is 2.64. The summed E-state index contributed by atoms with van der Waals surface area (Å²) in [5, 5.41) is 2.17. The van der Waals surface area contributed by atoms with Gasteiger partial charge >= 0.3 is 6.03 Å². The molecule has 1 fully saturated rings. The largest absolute Gasteiger partial charge is 0.324 e. The molecule has 0 radical (unpaired) electrons. The predicted molar refractivity (Wildman–Crippen MR) is 43.2 cm³/mol. The van der Waals surface area contributed by atoms with Crippen LogP contribution in [0.1, 0.15) is 0 Å². The Bertz CT molecular complexity index is 215. The molecule has 1 rings (SSSR count). The third kappa shape index (κ3) is 2.04. The maximum absolute atomic E-state index is 10.8. The number of rotatable bonds is 2.